The van der Waals surface area contributed by atoms with Gasteiger partial charge in [0.2, 0.25) is 5.91 Å². The Balaban J connectivity index is 1.51. The lowest BCUT2D eigenvalue weighted by Gasteiger charge is -2.36. The Morgan fingerprint density at radius 1 is 1.27 bits per heavy atom. The Morgan fingerprint density at radius 3 is 2.68 bits per heavy atom. The van der Waals surface area contributed by atoms with Gasteiger partial charge >= 0.3 is 0 Å². The van der Waals surface area contributed by atoms with Crippen LogP contribution >= 0.6 is 27.3 Å². The SMILES string of the molecule is O=C1CCCCN1CC1CCN(C(=O)c2sccc2Br)CC1. The van der Waals surface area contributed by atoms with Gasteiger partial charge in [0, 0.05) is 37.1 Å². The van der Waals surface area contributed by atoms with E-state index in [2.05, 4.69) is 15.9 Å². The van der Waals surface area contributed by atoms with Gasteiger partial charge in [0.25, 0.3) is 5.91 Å². The summed E-state index contributed by atoms with van der Waals surface area (Å²) in [7, 11) is 0. The topological polar surface area (TPSA) is 40.6 Å². The average Bonchev–Trinajstić information content (AvgIpc) is 2.96. The molecule has 0 radical (unpaired) electrons. The molecule has 0 N–H and O–H groups in total. The molecule has 2 aliphatic heterocycles. The lowest BCUT2D eigenvalue weighted by Crippen LogP contribution is -2.44. The number of carbonyl (C=O) groups is 2. The molecule has 3 rings (SSSR count). The summed E-state index contributed by atoms with van der Waals surface area (Å²) in [4.78, 5) is 29.1. The van der Waals surface area contributed by atoms with Gasteiger partial charge in [0.1, 0.15) is 4.88 Å². The molecular formula is C16H21BrN2O2S. The first-order valence-corrected chi connectivity index (χ1v) is 9.62. The van der Waals surface area contributed by atoms with Gasteiger partial charge in [0.15, 0.2) is 0 Å². The van der Waals surface area contributed by atoms with Crippen LogP contribution in [0.4, 0.5) is 0 Å². The van der Waals surface area contributed by atoms with Crippen LogP contribution in [0.5, 0.6) is 0 Å². The maximum atomic E-state index is 12.5. The fourth-order valence-corrected chi connectivity index (χ4v) is 4.78. The molecule has 2 aliphatic rings. The number of rotatable bonds is 3. The molecule has 120 valence electrons. The normalized spacial score (nSPS) is 20.5. The first kappa shape index (κ1) is 16.0. The molecule has 1 aromatic heterocycles. The lowest BCUT2D eigenvalue weighted by atomic mass is 9.95. The summed E-state index contributed by atoms with van der Waals surface area (Å²) in [6.07, 6.45) is 4.88. The van der Waals surface area contributed by atoms with Crippen molar-refractivity contribution in [2.75, 3.05) is 26.2 Å². The highest BCUT2D eigenvalue weighted by molar-refractivity contribution is 9.10. The van der Waals surface area contributed by atoms with Crippen molar-refractivity contribution < 1.29 is 9.59 Å². The second kappa shape index (κ2) is 7.13. The van der Waals surface area contributed by atoms with Crippen molar-refractivity contribution in [3.63, 3.8) is 0 Å². The third kappa shape index (κ3) is 3.54. The minimum atomic E-state index is 0.134. The third-order valence-electron chi connectivity index (χ3n) is 4.61. The Bertz CT molecular complexity index is 552. The quantitative estimate of drug-likeness (QED) is 0.801. The van der Waals surface area contributed by atoms with Gasteiger partial charge in [-0.05, 0) is 59.0 Å². The van der Waals surface area contributed by atoms with Crippen molar-refractivity contribution in [3.05, 3.63) is 20.8 Å². The lowest BCUT2D eigenvalue weighted by molar-refractivity contribution is -0.134. The van der Waals surface area contributed by atoms with Gasteiger partial charge in [-0.25, -0.2) is 0 Å². The van der Waals surface area contributed by atoms with Gasteiger partial charge in [-0.15, -0.1) is 11.3 Å². The van der Waals surface area contributed by atoms with E-state index in [1.165, 1.54) is 11.3 Å². The van der Waals surface area contributed by atoms with Crippen molar-refractivity contribution >= 4 is 39.1 Å². The fourth-order valence-electron chi connectivity index (χ4n) is 3.28. The summed E-state index contributed by atoms with van der Waals surface area (Å²) >= 11 is 4.93. The number of amides is 2. The maximum absolute atomic E-state index is 12.5. The second-order valence-electron chi connectivity index (χ2n) is 6.13. The number of piperidine rings is 2. The molecule has 0 bridgehead atoms. The van der Waals surface area contributed by atoms with E-state index in [1.807, 2.05) is 21.2 Å². The Morgan fingerprint density at radius 2 is 2.05 bits per heavy atom. The van der Waals surface area contributed by atoms with E-state index >= 15 is 0 Å². The summed E-state index contributed by atoms with van der Waals surface area (Å²) < 4.78 is 0.892. The zero-order valence-corrected chi connectivity index (χ0v) is 15.0. The molecule has 2 fully saturated rings. The standard InChI is InChI=1S/C16H21BrN2O2S/c17-13-6-10-22-15(13)16(21)18-8-4-12(5-9-18)11-19-7-2-1-3-14(19)20/h6,10,12H,1-5,7-9,11H2. The van der Waals surface area contributed by atoms with Gasteiger partial charge in [-0.2, -0.15) is 0 Å². The molecule has 1 aromatic rings. The summed E-state index contributed by atoms with van der Waals surface area (Å²) in [6.45, 7) is 3.40. The summed E-state index contributed by atoms with van der Waals surface area (Å²) in [6, 6.07) is 1.92. The van der Waals surface area contributed by atoms with Crippen LogP contribution in [0.25, 0.3) is 0 Å². The first-order valence-electron chi connectivity index (χ1n) is 7.95. The Hall–Kier alpha value is -0.880. The Kier molecular flexibility index (Phi) is 5.18. The van der Waals surface area contributed by atoms with Crippen LogP contribution in [-0.4, -0.2) is 47.8 Å². The fraction of sp³-hybridized carbons (Fsp3) is 0.625. The third-order valence-corrected chi connectivity index (χ3v) is 6.44. The number of halogens is 1. The van der Waals surface area contributed by atoms with E-state index in [0.29, 0.717) is 18.2 Å². The van der Waals surface area contributed by atoms with E-state index in [0.717, 1.165) is 61.2 Å². The van der Waals surface area contributed by atoms with E-state index in [9.17, 15) is 9.59 Å². The minimum absolute atomic E-state index is 0.134. The second-order valence-corrected chi connectivity index (χ2v) is 7.90. The number of likely N-dealkylation sites (tertiary alicyclic amines) is 2. The maximum Gasteiger partial charge on any atom is 0.265 e. The summed E-state index contributed by atoms with van der Waals surface area (Å²) in [5, 5.41) is 1.94. The summed E-state index contributed by atoms with van der Waals surface area (Å²) in [5.74, 6) is 0.986. The van der Waals surface area contributed by atoms with Gasteiger partial charge in [0.05, 0.1) is 0 Å². The molecule has 3 heterocycles. The smallest absolute Gasteiger partial charge is 0.265 e. The Labute approximate surface area is 143 Å². The molecule has 22 heavy (non-hydrogen) atoms. The van der Waals surface area contributed by atoms with Crippen LogP contribution in [0.3, 0.4) is 0 Å². The molecular weight excluding hydrogens is 364 g/mol. The van der Waals surface area contributed by atoms with Crippen LogP contribution < -0.4 is 0 Å². The van der Waals surface area contributed by atoms with E-state index in [4.69, 9.17) is 0 Å². The largest absolute Gasteiger partial charge is 0.342 e. The van der Waals surface area contributed by atoms with Crippen molar-refractivity contribution in [1.82, 2.24) is 9.80 Å². The molecule has 2 amide bonds. The molecule has 6 heteroatoms. The molecule has 2 saturated heterocycles. The minimum Gasteiger partial charge on any atom is -0.342 e. The number of carbonyl (C=O) groups excluding carboxylic acids is 2. The number of hydrogen-bond donors (Lipinski definition) is 0. The molecule has 0 saturated carbocycles. The monoisotopic (exact) mass is 384 g/mol. The molecule has 0 spiro atoms. The van der Waals surface area contributed by atoms with Crippen LogP contribution in [0.1, 0.15) is 41.8 Å². The number of thiophene rings is 1. The van der Waals surface area contributed by atoms with Crippen LogP contribution in [0.15, 0.2) is 15.9 Å². The van der Waals surface area contributed by atoms with Gasteiger partial charge in [-0.3, -0.25) is 9.59 Å². The molecule has 4 nitrogen and oxygen atoms in total. The van der Waals surface area contributed by atoms with Crippen LogP contribution in [-0.2, 0) is 4.79 Å². The molecule has 0 aromatic carbocycles. The van der Waals surface area contributed by atoms with Crippen molar-refractivity contribution in [3.8, 4) is 0 Å². The molecule has 0 unspecified atom stereocenters. The zero-order chi connectivity index (χ0) is 15.5. The highest BCUT2D eigenvalue weighted by Gasteiger charge is 2.28. The predicted molar refractivity (Wildman–Crippen MR) is 91.1 cm³/mol. The summed E-state index contributed by atoms with van der Waals surface area (Å²) in [5.41, 5.74) is 0. The van der Waals surface area contributed by atoms with E-state index in [-0.39, 0.29) is 5.91 Å². The van der Waals surface area contributed by atoms with Crippen LogP contribution in [0, 0.1) is 5.92 Å². The van der Waals surface area contributed by atoms with Crippen molar-refractivity contribution in [2.45, 2.75) is 32.1 Å². The van der Waals surface area contributed by atoms with Crippen LogP contribution in [0.2, 0.25) is 0 Å². The van der Waals surface area contributed by atoms with Gasteiger partial charge in [-0.1, -0.05) is 0 Å². The number of nitrogens with zero attached hydrogens (tertiary/aromatic N) is 2. The highest BCUT2D eigenvalue weighted by Crippen LogP contribution is 2.27. The molecule has 0 atom stereocenters. The first-order chi connectivity index (χ1) is 10.6. The number of hydrogen-bond acceptors (Lipinski definition) is 3. The average molecular weight is 385 g/mol. The van der Waals surface area contributed by atoms with Crippen molar-refractivity contribution in [2.24, 2.45) is 5.92 Å². The highest BCUT2D eigenvalue weighted by atomic mass is 79.9. The molecule has 0 aliphatic carbocycles. The van der Waals surface area contributed by atoms with E-state index < -0.39 is 0 Å². The van der Waals surface area contributed by atoms with Gasteiger partial charge < -0.3 is 9.80 Å². The predicted octanol–water partition coefficient (Wildman–Crippen LogP) is 3.38. The van der Waals surface area contributed by atoms with E-state index in [1.54, 1.807) is 0 Å². The van der Waals surface area contributed by atoms with Crippen molar-refractivity contribution in [1.29, 1.82) is 0 Å². The zero-order valence-electron chi connectivity index (χ0n) is 12.6.